The molecule has 0 radical (unpaired) electrons. The first-order chi connectivity index (χ1) is 7.59. The van der Waals surface area contributed by atoms with E-state index in [-0.39, 0.29) is 5.54 Å². The molecule has 0 spiro atoms. The molecule has 1 rings (SSSR count). The third-order valence-corrected chi connectivity index (χ3v) is 3.51. The van der Waals surface area contributed by atoms with Crippen LogP contribution in [-0.2, 0) is 11.3 Å². The molecule has 0 aliphatic carbocycles. The summed E-state index contributed by atoms with van der Waals surface area (Å²) >= 11 is 3.41. The molecule has 0 aromatic heterocycles. The molecule has 0 bridgehead atoms. The van der Waals surface area contributed by atoms with Gasteiger partial charge >= 0.3 is 0 Å². The van der Waals surface area contributed by atoms with E-state index in [1.807, 2.05) is 12.1 Å². The number of benzene rings is 1. The Morgan fingerprint density at radius 1 is 1.19 bits per heavy atom. The molecule has 0 fully saturated rings. The Bertz CT molecular complexity index is 306. The number of ether oxygens (including phenoxy) is 1. The summed E-state index contributed by atoms with van der Waals surface area (Å²) < 4.78 is 6.76. The van der Waals surface area contributed by atoms with E-state index in [4.69, 9.17) is 10.5 Å². The van der Waals surface area contributed by atoms with Gasteiger partial charge in [-0.05, 0) is 30.5 Å². The zero-order valence-electron chi connectivity index (χ0n) is 10.0. The van der Waals surface area contributed by atoms with Gasteiger partial charge in [0.05, 0.1) is 13.2 Å². The lowest BCUT2D eigenvalue weighted by Gasteiger charge is -2.26. The van der Waals surface area contributed by atoms with Gasteiger partial charge in [-0.2, -0.15) is 0 Å². The molecule has 1 aromatic rings. The quantitative estimate of drug-likeness (QED) is 0.869. The van der Waals surface area contributed by atoms with Crippen molar-refractivity contribution >= 4 is 15.9 Å². The minimum absolute atomic E-state index is 0.171. The second kappa shape index (κ2) is 6.38. The van der Waals surface area contributed by atoms with Crippen molar-refractivity contribution in [1.29, 1.82) is 0 Å². The van der Waals surface area contributed by atoms with E-state index in [9.17, 15) is 0 Å². The topological polar surface area (TPSA) is 35.2 Å². The summed E-state index contributed by atoms with van der Waals surface area (Å²) in [4.78, 5) is 0. The monoisotopic (exact) mass is 285 g/mol. The number of hydrogen-bond acceptors (Lipinski definition) is 2. The molecule has 0 atom stereocenters. The zero-order valence-corrected chi connectivity index (χ0v) is 11.6. The highest BCUT2D eigenvalue weighted by Crippen LogP contribution is 2.14. The van der Waals surface area contributed by atoms with Crippen LogP contribution in [0.5, 0.6) is 0 Å². The van der Waals surface area contributed by atoms with Crippen LogP contribution in [0.25, 0.3) is 0 Å². The highest BCUT2D eigenvalue weighted by molar-refractivity contribution is 9.10. The van der Waals surface area contributed by atoms with Crippen molar-refractivity contribution in [3.05, 3.63) is 34.3 Å². The number of hydrogen-bond donors (Lipinski definition) is 1. The predicted octanol–water partition coefficient (Wildman–Crippen LogP) is 3.48. The van der Waals surface area contributed by atoms with Gasteiger partial charge in [0.2, 0.25) is 0 Å². The van der Waals surface area contributed by atoms with E-state index in [0.29, 0.717) is 13.2 Å². The molecular formula is C13H20BrNO. The minimum atomic E-state index is -0.171. The molecule has 0 aliphatic rings. The summed E-state index contributed by atoms with van der Waals surface area (Å²) in [6, 6.07) is 8.16. The standard InChI is InChI=1S/C13H20BrNO/c1-3-13(15,4-2)10-16-9-11-5-7-12(14)8-6-11/h5-8H,3-4,9-10,15H2,1-2H3. The SMILES string of the molecule is CCC(N)(CC)COCc1ccc(Br)cc1. The summed E-state index contributed by atoms with van der Waals surface area (Å²) in [6.45, 7) is 5.46. The van der Waals surface area contributed by atoms with E-state index < -0.39 is 0 Å². The maximum absolute atomic E-state index is 6.15. The highest BCUT2D eigenvalue weighted by atomic mass is 79.9. The van der Waals surface area contributed by atoms with Crippen LogP contribution >= 0.6 is 15.9 Å². The number of rotatable bonds is 6. The van der Waals surface area contributed by atoms with Crippen molar-refractivity contribution in [1.82, 2.24) is 0 Å². The molecule has 1 aromatic carbocycles. The Labute approximate surface area is 106 Å². The largest absolute Gasteiger partial charge is 0.375 e. The van der Waals surface area contributed by atoms with Crippen molar-refractivity contribution in [3.8, 4) is 0 Å². The lowest BCUT2D eigenvalue weighted by Crippen LogP contribution is -2.43. The van der Waals surface area contributed by atoms with Gasteiger partial charge in [-0.3, -0.25) is 0 Å². The van der Waals surface area contributed by atoms with Gasteiger partial charge in [0.15, 0.2) is 0 Å². The summed E-state index contributed by atoms with van der Waals surface area (Å²) in [5, 5.41) is 0. The Kier molecular flexibility index (Phi) is 5.46. The lowest BCUT2D eigenvalue weighted by molar-refractivity contribution is 0.0696. The van der Waals surface area contributed by atoms with E-state index in [0.717, 1.165) is 17.3 Å². The van der Waals surface area contributed by atoms with Gasteiger partial charge in [0, 0.05) is 10.0 Å². The number of nitrogens with two attached hydrogens (primary N) is 1. The van der Waals surface area contributed by atoms with Crippen LogP contribution in [0, 0.1) is 0 Å². The minimum Gasteiger partial charge on any atom is -0.375 e. The van der Waals surface area contributed by atoms with Crippen molar-refractivity contribution in [2.24, 2.45) is 5.73 Å². The fraction of sp³-hybridized carbons (Fsp3) is 0.538. The van der Waals surface area contributed by atoms with Crippen molar-refractivity contribution < 1.29 is 4.74 Å². The molecule has 0 saturated carbocycles. The molecule has 0 unspecified atom stereocenters. The normalized spacial score (nSPS) is 11.8. The summed E-state index contributed by atoms with van der Waals surface area (Å²) in [7, 11) is 0. The average molecular weight is 286 g/mol. The Morgan fingerprint density at radius 2 is 1.75 bits per heavy atom. The Hall–Kier alpha value is -0.380. The van der Waals surface area contributed by atoms with Crippen molar-refractivity contribution in [2.45, 2.75) is 38.8 Å². The van der Waals surface area contributed by atoms with Crippen molar-refractivity contribution in [2.75, 3.05) is 6.61 Å². The number of halogens is 1. The van der Waals surface area contributed by atoms with E-state index in [2.05, 4.69) is 41.9 Å². The molecule has 2 N–H and O–H groups in total. The van der Waals surface area contributed by atoms with Gasteiger partial charge in [-0.15, -0.1) is 0 Å². The first-order valence-electron chi connectivity index (χ1n) is 5.70. The van der Waals surface area contributed by atoms with Gasteiger partial charge in [-0.1, -0.05) is 41.9 Å². The molecular weight excluding hydrogens is 266 g/mol. The maximum Gasteiger partial charge on any atom is 0.0717 e. The summed E-state index contributed by atoms with van der Waals surface area (Å²) in [5.74, 6) is 0. The van der Waals surface area contributed by atoms with Gasteiger partial charge in [-0.25, -0.2) is 0 Å². The summed E-state index contributed by atoms with van der Waals surface area (Å²) in [5.41, 5.74) is 7.16. The van der Waals surface area contributed by atoms with Crippen LogP contribution in [0.15, 0.2) is 28.7 Å². The predicted molar refractivity (Wildman–Crippen MR) is 71.3 cm³/mol. The lowest BCUT2D eigenvalue weighted by atomic mass is 9.96. The molecule has 16 heavy (non-hydrogen) atoms. The molecule has 3 heteroatoms. The fourth-order valence-corrected chi connectivity index (χ4v) is 1.67. The van der Waals surface area contributed by atoms with Crippen LogP contribution in [0.2, 0.25) is 0 Å². The van der Waals surface area contributed by atoms with Crippen LogP contribution < -0.4 is 5.73 Å². The first kappa shape index (κ1) is 13.7. The molecule has 0 amide bonds. The van der Waals surface area contributed by atoms with Crippen molar-refractivity contribution in [3.63, 3.8) is 0 Å². The highest BCUT2D eigenvalue weighted by Gasteiger charge is 2.19. The van der Waals surface area contributed by atoms with Gasteiger partial charge < -0.3 is 10.5 Å². The first-order valence-corrected chi connectivity index (χ1v) is 6.50. The van der Waals surface area contributed by atoms with Crippen LogP contribution in [0.1, 0.15) is 32.3 Å². The zero-order chi connectivity index (χ0) is 12.0. The summed E-state index contributed by atoms with van der Waals surface area (Å²) in [6.07, 6.45) is 1.90. The molecule has 90 valence electrons. The Balaban J connectivity index is 2.38. The third kappa shape index (κ3) is 4.24. The molecule has 0 heterocycles. The van der Waals surface area contributed by atoms with Gasteiger partial charge in [0.1, 0.15) is 0 Å². The fourth-order valence-electron chi connectivity index (χ4n) is 1.41. The smallest absolute Gasteiger partial charge is 0.0717 e. The molecule has 0 aliphatic heterocycles. The van der Waals surface area contributed by atoms with E-state index >= 15 is 0 Å². The second-order valence-electron chi connectivity index (χ2n) is 4.19. The van der Waals surface area contributed by atoms with E-state index in [1.165, 1.54) is 5.56 Å². The van der Waals surface area contributed by atoms with Gasteiger partial charge in [0.25, 0.3) is 0 Å². The van der Waals surface area contributed by atoms with E-state index in [1.54, 1.807) is 0 Å². The third-order valence-electron chi connectivity index (χ3n) is 2.98. The molecule has 0 saturated heterocycles. The van der Waals surface area contributed by atoms with Crippen LogP contribution in [-0.4, -0.2) is 12.1 Å². The molecule has 2 nitrogen and oxygen atoms in total. The Morgan fingerprint density at radius 3 is 2.25 bits per heavy atom. The second-order valence-corrected chi connectivity index (χ2v) is 5.10. The average Bonchev–Trinajstić information content (AvgIpc) is 2.31. The van der Waals surface area contributed by atoms with Crippen LogP contribution in [0.3, 0.4) is 0 Å². The van der Waals surface area contributed by atoms with Crippen LogP contribution in [0.4, 0.5) is 0 Å². The maximum atomic E-state index is 6.15.